The van der Waals surface area contributed by atoms with Crippen LogP contribution in [-0.2, 0) is 6.54 Å². The Kier molecular flexibility index (Phi) is 10.9. The molecule has 0 spiro atoms. The molecule has 5 heteroatoms. The lowest BCUT2D eigenvalue weighted by Crippen LogP contribution is -2.37. The van der Waals surface area contributed by atoms with Crippen molar-refractivity contribution in [2.24, 2.45) is 4.99 Å². The number of aliphatic imine (C=N–C) groups is 1. The zero-order valence-corrected chi connectivity index (χ0v) is 14.7. The van der Waals surface area contributed by atoms with Crippen molar-refractivity contribution >= 4 is 29.9 Å². The van der Waals surface area contributed by atoms with Gasteiger partial charge in [-0.3, -0.25) is 4.99 Å². The Morgan fingerprint density at radius 3 is 2.80 bits per heavy atom. The minimum atomic E-state index is 0. The highest BCUT2D eigenvalue weighted by Crippen LogP contribution is 2.11. The molecule has 0 aliphatic heterocycles. The monoisotopic (exact) mass is 389 g/mol. The molecule has 112 valence electrons. The summed E-state index contributed by atoms with van der Waals surface area (Å²) in [5, 5.41) is 6.53. The third-order valence-corrected chi connectivity index (χ3v) is 2.66. The first-order valence-electron chi connectivity index (χ1n) is 6.48. The molecule has 1 aromatic carbocycles. The predicted octanol–water partition coefficient (Wildman–Crippen LogP) is 2.94. The summed E-state index contributed by atoms with van der Waals surface area (Å²) in [6.45, 7) is 3.62. The molecule has 20 heavy (non-hydrogen) atoms. The average molecular weight is 389 g/mol. The molecular formula is C15H24IN3O. The van der Waals surface area contributed by atoms with Crippen LogP contribution in [0.15, 0.2) is 41.4 Å². The number of allylic oxidation sites excluding steroid dienone is 1. The predicted molar refractivity (Wildman–Crippen MR) is 96.0 cm³/mol. The molecule has 2 N–H and O–H groups in total. The zero-order valence-electron chi connectivity index (χ0n) is 12.3. The van der Waals surface area contributed by atoms with Crippen LogP contribution in [0.3, 0.4) is 0 Å². The fraction of sp³-hybridized carbons (Fsp3) is 0.400. The second-order valence-corrected chi connectivity index (χ2v) is 4.06. The van der Waals surface area contributed by atoms with E-state index in [4.69, 9.17) is 4.74 Å². The third kappa shape index (κ3) is 7.37. The number of halogens is 1. The van der Waals surface area contributed by atoms with Gasteiger partial charge in [-0.1, -0.05) is 24.3 Å². The van der Waals surface area contributed by atoms with Gasteiger partial charge in [-0.25, -0.2) is 0 Å². The van der Waals surface area contributed by atoms with Crippen molar-refractivity contribution in [3.8, 4) is 5.75 Å². The van der Waals surface area contributed by atoms with Gasteiger partial charge in [0, 0.05) is 20.1 Å². The molecule has 0 atom stereocenters. The quantitative estimate of drug-likeness (QED) is 0.259. The van der Waals surface area contributed by atoms with E-state index in [1.54, 1.807) is 14.2 Å². The summed E-state index contributed by atoms with van der Waals surface area (Å²) in [5.41, 5.74) is 1.16. The molecule has 0 bridgehead atoms. The van der Waals surface area contributed by atoms with Crippen LogP contribution in [-0.4, -0.2) is 26.7 Å². The molecule has 0 aliphatic carbocycles. The van der Waals surface area contributed by atoms with Gasteiger partial charge < -0.3 is 15.4 Å². The first-order valence-corrected chi connectivity index (χ1v) is 6.48. The molecule has 1 rings (SSSR count). The van der Waals surface area contributed by atoms with E-state index < -0.39 is 0 Å². The smallest absolute Gasteiger partial charge is 0.191 e. The highest BCUT2D eigenvalue weighted by Gasteiger charge is 1.98. The summed E-state index contributed by atoms with van der Waals surface area (Å²) in [4.78, 5) is 4.18. The standard InChI is InChI=1S/C15H23N3O.HI/c1-4-5-6-10-17-15(16-2)18-12-13-8-7-9-14(11-13)19-3;/h4-5,7-9,11H,6,10,12H2,1-3H3,(H2,16,17,18);1H. The van der Waals surface area contributed by atoms with Crippen molar-refractivity contribution in [2.45, 2.75) is 19.9 Å². The molecule has 0 radical (unpaired) electrons. The summed E-state index contributed by atoms with van der Waals surface area (Å²) >= 11 is 0. The van der Waals surface area contributed by atoms with Gasteiger partial charge in [-0.05, 0) is 31.0 Å². The Morgan fingerprint density at radius 1 is 1.35 bits per heavy atom. The van der Waals surface area contributed by atoms with Crippen molar-refractivity contribution in [2.75, 3.05) is 20.7 Å². The zero-order chi connectivity index (χ0) is 13.9. The Balaban J connectivity index is 0.00000361. The van der Waals surface area contributed by atoms with Crippen LogP contribution in [0.1, 0.15) is 18.9 Å². The minimum Gasteiger partial charge on any atom is -0.497 e. The molecule has 1 aromatic rings. The van der Waals surface area contributed by atoms with Crippen molar-refractivity contribution in [3.63, 3.8) is 0 Å². The third-order valence-electron chi connectivity index (χ3n) is 2.66. The Morgan fingerprint density at radius 2 is 2.15 bits per heavy atom. The largest absolute Gasteiger partial charge is 0.497 e. The van der Waals surface area contributed by atoms with Crippen LogP contribution in [0.4, 0.5) is 0 Å². The Labute approximate surface area is 138 Å². The molecule has 0 saturated heterocycles. The highest BCUT2D eigenvalue weighted by atomic mass is 127. The fourth-order valence-electron chi connectivity index (χ4n) is 1.63. The van der Waals surface area contributed by atoms with Crippen LogP contribution >= 0.6 is 24.0 Å². The lowest BCUT2D eigenvalue weighted by molar-refractivity contribution is 0.414. The lowest BCUT2D eigenvalue weighted by atomic mass is 10.2. The number of nitrogens with zero attached hydrogens (tertiary/aromatic N) is 1. The van der Waals surface area contributed by atoms with Crippen LogP contribution in [0.5, 0.6) is 5.75 Å². The number of hydrogen-bond donors (Lipinski definition) is 2. The van der Waals surface area contributed by atoms with E-state index in [1.165, 1.54) is 0 Å². The van der Waals surface area contributed by atoms with E-state index in [0.717, 1.165) is 36.8 Å². The maximum Gasteiger partial charge on any atom is 0.191 e. The van der Waals surface area contributed by atoms with Gasteiger partial charge in [0.05, 0.1) is 7.11 Å². The summed E-state index contributed by atoms with van der Waals surface area (Å²) in [7, 11) is 3.45. The number of methoxy groups -OCH3 is 1. The normalized spacial score (nSPS) is 11.1. The molecule has 0 aliphatic rings. The lowest BCUT2D eigenvalue weighted by Gasteiger charge is -2.11. The van der Waals surface area contributed by atoms with Gasteiger partial charge in [0.15, 0.2) is 5.96 Å². The molecular weight excluding hydrogens is 365 g/mol. The van der Waals surface area contributed by atoms with Gasteiger partial charge in [0.25, 0.3) is 0 Å². The highest BCUT2D eigenvalue weighted by molar-refractivity contribution is 14.0. The van der Waals surface area contributed by atoms with Crippen molar-refractivity contribution < 1.29 is 4.74 Å². The van der Waals surface area contributed by atoms with Gasteiger partial charge in [-0.15, -0.1) is 24.0 Å². The maximum atomic E-state index is 5.20. The second-order valence-electron chi connectivity index (χ2n) is 4.06. The van der Waals surface area contributed by atoms with E-state index in [-0.39, 0.29) is 24.0 Å². The van der Waals surface area contributed by atoms with E-state index in [1.807, 2.05) is 31.2 Å². The number of benzene rings is 1. The fourth-order valence-corrected chi connectivity index (χ4v) is 1.63. The molecule has 0 heterocycles. The SMILES string of the molecule is CC=CCCNC(=NC)NCc1cccc(OC)c1.I. The number of guanidine groups is 1. The van der Waals surface area contributed by atoms with Crippen molar-refractivity contribution in [1.29, 1.82) is 0 Å². The van der Waals surface area contributed by atoms with Gasteiger partial charge in [-0.2, -0.15) is 0 Å². The maximum absolute atomic E-state index is 5.20. The Bertz CT molecular complexity index is 433. The van der Waals surface area contributed by atoms with Gasteiger partial charge in [0.1, 0.15) is 5.75 Å². The van der Waals surface area contributed by atoms with Gasteiger partial charge in [0.2, 0.25) is 0 Å². The summed E-state index contributed by atoms with van der Waals surface area (Å²) in [6.07, 6.45) is 5.17. The first-order chi connectivity index (χ1) is 9.30. The topological polar surface area (TPSA) is 45.7 Å². The van der Waals surface area contributed by atoms with Crippen molar-refractivity contribution in [3.05, 3.63) is 42.0 Å². The minimum absolute atomic E-state index is 0. The number of hydrogen-bond acceptors (Lipinski definition) is 2. The average Bonchev–Trinajstić information content (AvgIpc) is 2.47. The van der Waals surface area contributed by atoms with Crippen LogP contribution in [0, 0.1) is 0 Å². The van der Waals surface area contributed by atoms with E-state index >= 15 is 0 Å². The number of rotatable bonds is 6. The molecule has 0 saturated carbocycles. The van der Waals surface area contributed by atoms with E-state index in [9.17, 15) is 0 Å². The number of nitrogens with one attached hydrogen (secondary N) is 2. The first kappa shape index (κ1) is 18.8. The van der Waals surface area contributed by atoms with Crippen LogP contribution in [0.2, 0.25) is 0 Å². The van der Waals surface area contributed by atoms with E-state index in [2.05, 4.69) is 27.8 Å². The van der Waals surface area contributed by atoms with Crippen LogP contribution in [0.25, 0.3) is 0 Å². The summed E-state index contributed by atoms with van der Waals surface area (Å²) in [5.74, 6) is 1.68. The molecule has 0 unspecified atom stereocenters. The molecule has 0 aromatic heterocycles. The Hall–Kier alpha value is -1.24. The van der Waals surface area contributed by atoms with Crippen LogP contribution < -0.4 is 15.4 Å². The molecule has 0 fully saturated rings. The summed E-state index contributed by atoms with van der Waals surface area (Å²) < 4.78 is 5.20. The van der Waals surface area contributed by atoms with Gasteiger partial charge >= 0.3 is 0 Å². The number of ether oxygens (including phenoxy) is 1. The second kappa shape index (κ2) is 11.6. The summed E-state index contributed by atoms with van der Waals surface area (Å²) in [6, 6.07) is 7.99. The molecule has 0 amide bonds. The van der Waals surface area contributed by atoms with E-state index in [0.29, 0.717) is 0 Å². The van der Waals surface area contributed by atoms with Crippen molar-refractivity contribution in [1.82, 2.24) is 10.6 Å². The molecule has 4 nitrogen and oxygen atoms in total.